The van der Waals surface area contributed by atoms with Crippen molar-refractivity contribution >= 4 is 34.5 Å². The Bertz CT molecular complexity index is 909. The summed E-state index contributed by atoms with van der Waals surface area (Å²) in [5.74, 6) is 1.68. The van der Waals surface area contributed by atoms with Crippen molar-refractivity contribution in [1.82, 2.24) is 4.98 Å². The number of benzene rings is 2. The summed E-state index contributed by atoms with van der Waals surface area (Å²) in [5, 5.41) is 6.16. The SMILES string of the molecule is COc1ccc(Oc2ccc(Cl)cc2NC(=O)Cc2csc(C)n2)cc1. The largest absolute Gasteiger partial charge is 0.497 e. The molecule has 1 N–H and O–H groups in total. The van der Waals surface area contributed by atoms with Gasteiger partial charge in [-0.25, -0.2) is 4.98 Å². The van der Waals surface area contributed by atoms with E-state index in [2.05, 4.69) is 10.3 Å². The smallest absolute Gasteiger partial charge is 0.230 e. The summed E-state index contributed by atoms with van der Waals surface area (Å²) in [6.45, 7) is 1.91. The Labute approximate surface area is 160 Å². The number of hydrogen-bond acceptors (Lipinski definition) is 5. The third-order valence-electron chi connectivity index (χ3n) is 3.51. The summed E-state index contributed by atoms with van der Waals surface area (Å²) in [4.78, 5) is 16.6. The number of aryl methyl sites for hydroxylation is 1. The lowest BCUT2D eigenvalue weighted by Gasteiger charge is -2.13. The van der Waals surface area contributed by atoms with Crippen LogP contribution in [0.15, 0.2) is 47.8 Å². The van der Waals surface area contributed by atoms with Crippen molar-refractivity contribution in [2.45, 2.75) is 13.3 Å². The Hall–Kier alpha value is -2.57. The minimum Gasteiger partial charge on any atom is -0.497 e. The minimum absolute atomic E-state index is 0.183. The van der Waals surface area contributed by atoms with Gasteiger partial charge >= 0.3 is 0 Å². The first-order chi connectivity index (χ1) is 12.5. The van der Waals surface area contributed by atoms with Gasteiger partial charge in [-0.1, -0.05) is 11.6 Å². The Morgan fingerprint density at radius 1 is 1.19 bits per heavy atom. The molecule has 3 aromatic rings. The van der Waals surface area contributed by atoms with E-state index in [1.165, 1.54) is 11.3 Å². The lowest BCUT2D eigenvalue weighted by atomic mass is 10.2. The van der Waals surface area contributed by atoms with Gasteiger partial charge in [0.15, 0.2) is 5.75 Å². The Morgan fingerprint density at radius 3 is 2.58 bits per heavy atom. The number of carbonyl (C=O) groups is 1. The molecular formula is C19H17ClN2O3S. The lowest BCUT2D eigenvalue weighted by Crippen LogP contribution is -2.15. The number of amides is 1. The molecular weight excluding hydrogens is 372 g/mol. The number of nitrogens with one attached hydrogen (secondary N) is 1. The zero-order valence-electron chi connectivity index (χ0n) is 14.3. The van der Waals surface area contributed by atoms with Crippen LogP contribution in [-0.2, 0) is 11.2 Å². The average molecular weight is 389 g/mol. The highest BCUT2D eigenvalue weighted by molar-refractivity contribution is 7.09. The molecule has 5 nitrogen and oxygen atoms in total. The molecule has 2 aromatic carbocycles. The maximum atomic E-state index is 12.3. The molecule has 0 saturated carbocycles. The lowest BCUT2D eigenvalue weighted by molar-refractivity contribution is -0.115. The van der Waals surface area contributed by atoms with Gasteiger partial charge in [0.2, 0.25) is 5.91 Å². The van der Waals surface area contributed by atoms with E-state index in [0.717, 1.165) is 16.5 Å². The summed E-state index contributed by atoms with van der Waals surface area (Å²) in [7, 11) is 1.60. The van der Waals surface area contributed by atoms with Gasteiger partial charge in [0.05, 0.1) is 29.9 Å². The highest BCUT2D eigenvalue weighted by atomic mass is 35.5. The quantitative estimate of drug-likeness (QED) is 0.639. The molecule has 1 heterocycles. The van der Waals surface area contributed by atoms with Gasteiger partial charge in [-0.2, -0.15) is 0 Å². The fourth-order valence-corrected chi connectivity index (χ4v) is 3.09. The monoisotopic (exact) mass is 388 g/mol. The average Bonchev–Trinajstić information content (AvgIpc) is 3.02. The second-order valence-corrected chi connectivity index (χ2v) is 7.00. The molecule has 134 valence electrons. The van der Waals surface area contributed by atoms with Crippen molar-refractivity contribution in [2.24, 2.45) is 0 Å². The van der Waals surface area contributed by atoms with E-state index < -0.39 is 0 Å². The number of rotatable bonds is 6. The predicted octanol–water partition coefficient (Wildman–Crippen LogP) is 5.09. The molecule has 3 rings (SSSR count). The molecule has 0 unspecified atom stereocenters. The van der Waals surface area contributed by atoms with Gasteiger partial charge in [-0.15, -0.1) is 11.3 Å². The van der Waals surface area contributed by atoms with E-state index in [9.17, 15) is 4.79 Å². The standard InChI is InChI=1S/C19H17ClN2O3S/c1-12-21-14(11-26-12)10-19(23)22-17-9-13(20)3-8-18(17)25-16-6-4-15(24-2)5-7-16/h3-9,11H,10H2,1-2H3,(H,22,23). The summed E-state index contributed by atoms with van der Waals surface area (Å²) in [5.41, 5.74) is 1.25. The first kappa shape index (κ1) is 18.2. The van der Waals surface area contributed by atoms with Crippen molar-refractivity contribution in [3.8, 4) is 17.2 Å². The van der Waals surface area contributed by atoms with Crippen LogP contribution in [0.4, 0.5) is 5.69 Å². The first-order valence-corrected chi connectivity index (χ1v) is 9.11. The Balaban J connectivity index is 1.75. The molecule has 0 radical (unpaired) electrons. The van der Waals surface area contributed by atoms with Crippen LogP contribution in [0.5, 0.6) is 17.2 Å². The van der Waals surface area contributed by atoms with Crippen LogP contribution in [0, 0.1) is 6.92 Å². The second-order valence-electron chi connectivity index (χ2n) is 5.50. The number of carbonyl (C=O) groups excluding carboxylic acids is 1. The van der Waals surface area contributed by atoms with Gasteiger partial charge in [-0.05, 0) is 49.4 Å². The zero-order chi connectivity index (χ0) is 18.5. The Kier molecular flexibility index (Phi) is 5.75. The summed E-state index contributed by atoms with van der Waals surface area (Å²) < 4.78 is 11.0. The third-order valence-corrected chi connectivity index (χ3v) is 4.57. The van der Waals surface area contributed by atoms with E-state index in [4.69, 9.17) is 21.1 Å². The van der Waals surface area contributed by atoms with E-state index in [-0.39, 0.29) is 12.3 Å². The maximum absolute atomic E-state index is 12.3. The molecule has 0 saturated heterocycles. The molecule has 0 aliphatic rings. The molecule has 7 heteroatoms. The minimum atomic E-state index is -0.183. The molecule has 0 spiro atoms. The van der Waals surface area contributed by atoms with Crippen molar-refractivity contribution in [2.75, 3.05) is 12.4 Å². The third kappa shape index (κ3) is 4.74. The summed E-state index contributed by atoms with van der Waals surface area (Å²) in [6, 6.07) is 12.3. The van der Waals surface area contributed by atoms with Crippen molar-refractivity contribution < 1.29 is 14.3 Å². The van der Waals surface area contributed by atoms with Crippen molar-refractivity contribution in [1.29, 1.82) is 0 Å². The normalized spacial score (nSPS) is 10.4. The van der Waals surface area contributed by atoms with E-state index >= 15 is 0 Å². The molecule has 1 amide bonds. The van der Waals surface area contributed by atoms with Gasteiger partial charge in [0.1, 0.15) is 11.5 Å². The van der Waals surface area contributed by atoms with Crippen LogP contribution in [0.1, 0.15) is 10.7 Å². The van der Waals surface area contributed by atoms with Crippen LogP contribution in [0.25, 0.3) is 0 Å². The highest BCUT2D eigenvalue weighted by Crippen LogP contribution is 2.32. The number of ether oxygens (including phenoxy) is 2. The van der Waals surface area contributed by atoms with Crippen molar-refractivity contribution in [3.05, 3.63) is 63.6 Å². The predicted molar refractivity (Wildman–Crippen MR) is 104 cm³/mol. The van der Waals surface area contributed by atoms with Crippen LogP contribution >= 0.6 is 22.9 Å². The van der Waals surface area contributed by atoms with E-state index in [1.807, 2.05) is 12.3 Å². The number of anilines is 1. The van der Waals surface area contributed by atoms with Crippen molar-refractivity contribution in [3.63, 3.8) is 0 Å². The molecule has 0 atom stereocenters. The molecule has 0 aliphatic heterocycles. The number of nitrogens with zero attached hydrogens (tertiary/aromatic N) is 1. The fraction of sp³-hybridized carbons (Fsp3) is 0.158. The molecule has 1 aromatic heterocycles. The van der Waals surface area contributed by atoms with Gasteiger partial charge in [0.25, 0.3) is 0 Å². The topological polar surface area (TPSA) is 60.5 Å². The first-order valence-electron chi connectivity index (χ1n) is 7.86. The fourth-order valence-electron chi connectivity index (χ4n) is 2.31. The molecule has 0 aliphatic carbocycles. The maximum Gasteiger partial charge on any atom is 0.230 e. The van der Waals surface area contributed by atoms with Gasteiger partial charge in [-0.3, -0.25) is 4.79 Å². The van der Waals surface area contributed by atoms with Crippen LogP contribution in [-0.4, -0.2) is 18.0 Å². The van der Waals surface area contributed by atoms with E-state index in [1.54, 1.807) is 49.6 Å². The van der Waals surface area contributed by atoms with Crippen LogP contribution in [0.2, 0.25) is 5.02 Å². The highest BCUT2D eigenvalue weighted by Gasteiger charge is 2.12. The number of methoxy groups -OCH3 is 1. The van der Waals surface area contributed by atoms with Crippen LogP contribution in [0.3, 0.4) is 0 Å². The molecule has 0 bridgehead atoms. The molecule has 26 heavy (non-hydrogen) atoms. The number of hydrogen-bond donors (Lipinski definition) is 1. The van der Waals surface area contributed by atoms with Crippen LogP contribution < -0.4 is 14.8 Å². The number of halogens is 1. The van der Waals surface area contributed by atoms with E-state index in [0.29, 0.717) is 22.2 Å². The van der Waals surface area contributed by atoms with Gasteiger partial charge < -0.3 is 14.8 Å². The summed E-state index contributed by atoms with van der Waals surface area (Å²) >= 11 is 7.59. The number of aromatic nitrogens is 1. The number of thiazole rings is 1. The Morgan fingerprint density at radius 2 is 1.92 bits per heavy atom. The summed E-state index contributed by atoms with van der Waals surface area (Å²) in [6.07, 6.45) is 0.193. The molecule has 0 fully saturated rings. The second kappa shape index (κ2) is 8.21. The zero-order valence-corrected chi connectivity index (χ0v) is 15.9. The van der Waals surface area contributed by atoms with Gasteiger partial charge in [0, 0.05) is 10.4 Å².